The van der Waals surface area contributed by atoms with Crippen LogP contribution in [0.1, 0.15) is 26.7 Å². The highest BCUT2D eigenvalue weighted by molar-refractivity contribution is 5.92. The monoisotopic (exact) mass is 374 g/mol. The van der Waals surface area contributed by atoms with Gasteiger partial charge in [0.05, 0.1) is 11.0 Å². The van der Waals surface area contributed by atoms with Gasteiger partial charge in [-0.05, 0) is 36.8 Å². The number of primary amides is 1. The number of hydrogen-bond donors (Lipinski definition) is 2. The summed E-state index contributed by atoms with van der Waals surface area (Å²) in [5.41, 5.74) is 6.19. The van der Waals surface area contributed by atoms with Crippen molar-refractivity contribution in [2.24, 2.45) is 17.6 Å². The lowest BCUT2D eigenvalue weighted by molar-refractivity contribution is -0.120. The van der Waals surface area contributed by atoms with Crippen molar-refractivity contribution in [1.82, 2.24) is 14.5 Å². The molecule has 8 nitrogen and oxygen atoms in total. The molecule has 1 aliphatic heterocycles. The number of benzene rings is 1. The zero-order chi connectivity index (χ0) is 19.6. The Labute approximate surface area is 157 Å². The number of nitrogens with two attached hydrogens (primary N) is 1. The van der Waals surface area contributed by atoms with Gasteiger partial charge in [0.2, 0.25) is 5.91 Å². The van der Waals surface area contributed by atoms with Crippen molar-refractivity contribution < 1.29 is 14.3 Å². The summed E-state index contributed by atoms with van der Waals surface area (Å²) in [6, 6.07) is 5.68. The molecule has 1 aliphatic rings. The summed E-state index contributed by atoms with van der Waals surface area (Å²) < 4.78 is 8.12. The minimum absolute atomic E-state index is 0.183. The SMILES string of the molecule is CC(C)[C@H](NC(=O)n1c(=O)n(CC2CCOCC2)c2ccccc21)C(N)=O. The normalized spacial score (nSPS) is 16.6. The van der Waals surface area contributed by atoms with Crippen LogP contribution >= 0.6 is 0 Å². The van der Waals surface area contributed by atoms with Crippen LogP contribution in [0.15, 0.2) is 29.1 Å². The van der Waals surface area contributed by atoms with Crippen molar-refractivity contribution >= 4 is 23.0 Å². The van der Waals surface area contributed by atoms with Gasteiger partial charge in [-0.15, -0.1) is 0 Å². The van der Waals surface area contributed by atoms with E-state index in [0.717, 1.165) is 17.4 Å². The van der Waals surface area contributed by atoms with Crippen LogP contribution in [0.3, 0.4) is 0 Å². The maximum Gasteiger partial charge on any atom is 0.337 e. The Kier molecular flexibility index (Phi) is 5.65. The third-order valence-corrected chi connectivity index (χ3v) is 5.07. The van der Waals surface area contributed by atoms with Gasteiger partial charge in [0.1, 0.15) is 6.04 Å². The number of fused-ring (bicyclic) bond motifs is 1. The smallest absolute Gasteiger partial charge is 0.337 e. The minimum Gasteiger partial charge on any atom is -0.381 e. The molecule has 2 amide bonds. The van der Waals surface area contributed by atoms with E-state index in [1.165, 1.54) is 0 Å². The molecular weight excluding hydrogens is 348 g/mol. The van der Waals surface area contributed by atoms with Gasteiger partial charge < -0.3 is 15.8 Å². The largest absolute Gasteiger partial charge is 0.381 e. The quantitative estimate of drug-likeness (QED) is 0.822. The summed E-state index contributed by atoms with van der Waals surface area (Å²) in [6.07, 6.45) is 1.77. The lowest BCUT2D eigenvalue weighted by Gasteiger charge is -2.22. The zero-order valence-corrected chi connectivity index (χ0v) is 15.7. The highest BCUT2D eigenvalue weighted by Crippen LogP contribution is 2.20. The molecule has 146 valence electrons. The molecule has 0 unspecified atom stereocenters. The molecular formula is C19H26N4O4. The Balaban J connectivity index is 1.98. The average molecular weight is 374 g/mol. The first kappa shape index (κ1) is 19.2. The number of nitrogens with one attached hydrogen (secondary N) is 1. The number of carbonyl (C=O) groups excluding carboxylic acids is 2. The summed E-state index contributed by atoms with van der Waals surface area (Å²) in [5, 5.41) is 2.60. The standard InChI is InChI=1S/C19H26N4O4/c1-12(2)16(17(20)24)21-18(25)23-15-6-4-3-5-14(15)22(19(23)26)11-13-7-9-27-10-8-13/h3-6,12-13,16H,7-11H2,1-2H3,(H2,20,24)(H,21,25)/t16-/m0/s1. The van der Waals surface area contributed by atoms with Crippen LogP contribution in [0.4, 0.5) is 4.79 Å². The summed E-state index contributed by atoms with van der Waals surface area (Å²) in [7, 11) is 0. The Morgan fingerprint density at radius 1 is 1.22 bits per heavy atom. The van der Waals surface area contributed by atoms with E-state index >= 15 is 0 Å². The first-order valence-corrected chi connectivity index (χ1v) is 9.28. The van der Waals surface area contributed by atoms with E-state index in [4.69, 9.17) is 10.5 Å². The van der Waals surface area contributed by atoms with E-state index in [0.29, 0.717) is 36.7 Å². The molecule has 0 radical (unpaired) electrons. The molecule has 1 saturated heterocycles. The third kappa shape index (κ3) is 3.90. The fourth-order valence-corrected chi connectivity index (χ4v) is 3.53. The van der Waals surface area contributed by atoms with Crippen molar-refractivity contribution in [1.29, 1.82) is 0 Å². The van der Waals surface area contributed by atoms with Gasteiger partial charge in [-0.1, -0.05) is 26.0 Å². The molecule has 0 aliphatic carbocycles. The van der Waals surface area contributed by atoms with Crippen LogP contribution in [-0.4, -0.2) is 40.3 Å². The summed E-state index contributed by atoms with van der Waals surface area (Å²) in [4.78, 5) is 37.5. The van der Waals surface area contributed by atoms with Crippen molar-refractivity contribution in [3.05, 3.63) is 34.7 Å². The van der Waals surface area contributed by atoms with E-state index in [2.05, 4.69) is 5.32 Å². The molecule has 1 atom stereocenters. The van der Waals surface area contributed by atoms with Gasteiger partial charge in [-0.2, -0.15) is 0 Å². The van der Waals surface area contributed by atoms with E-state index in [-0.39, 0.29) is 5.92 Å². The van der Waals surface area contributed by atoms with Gasteiger partial charge in [-0.25, -0.2) is 14.2 Å². The van der Waals surface area contributed by atoms with Gasteiger partial charge in [-0.3, -0.25) is 9.36 Å². The van der Waals surface area contributed by atoms with E-state index in [9.17, 15) is 14.4 Å². The second-order valence-corrected chi connectivity index (χ2v) is 7.35. The Morgan fingerprint density at radius 2 is 1.85 bits per heavy atom. The van der Waals surface area contributed by atoms with Crippen LogP contribution < -0.4 is 16.7 Å². The average Bonchev–Trinajstić information content (AvgIpc) is 2.92. The number of carbonyl (C=O) groups is 2. The first-order chi connectivity index (χ1) is 12.9. The first-order valence-electron chi connectivity index (χ1n) is 9.28. The number of amides is 2. The molecule has 2 aromatic rings. The van der Waals surface area contributed by atoms with Crippen molar-refractivity contribution in [3.8, 4) is 0 Å². The van der Waals surface area contributed by atoms with Crippen LogP contribution in [0.2, 0.25) is 0 Å². The number of hydrogen-bond acceptors (Lipinski definition) is 4. The second-order valence-electron chi connectivity index (χ2n) is 7.35. The van der Waals surface area contributed by atoms with Crippen LogP contribution in [0.5, 0.6) is 0 Å². The number of nitrogens with zero attached hydrogens (tertiary/aromatic N) is 2. The topological polar surface area (TPSA) is 108 Å². The maximum atomic E-state index is 13.0. The number of imidazole rings is 1. The number of rotatable bonds is 5. The predicted octanol–water partition coefficient (Wildman–Crippen LogP) is 1.30. The Bertz CT molecular complexity index is 893. The molecule has 3 rings (SSSR count). The molecule has 1 fully saturated rings. The summed E-state index contributed by atoms with van der Waals surface area (Å²) in [6.45, 7) is 5.48. The van der Waals surface area contributed by atoms with Crippen LogP contribution in [0.25, 0.3) is 11.0 Å². The van der Waals surface area contributed by atoms with E-state index < -0.39 is 23.7 Å². The fraction of sp³-hybridized carbons (Fsp3) is 0.526. The number of para-hydroxylation sites is 2. The number of aromatic nitrogens is 2. The minimum atomic E-state index is -0.845. The summed E-state index contributed by atoms with van der Waals surface area (Å²) >= 11 is 0. The second kappa shape index (κ2) is 7.96. The molecule has 27 heavy (non-hydrogen) atoms. The van der Waals surface area contributed by atoms with E-state index in [1.54, 1.807) is 30.5 Å². The number of ether oxygens (including phenoxy) is 1. The lowest BCUT2D eigenvalue weighted by Crippen LogP contribution is -2.50. The molecule has 0 spiro atoms. The highest BCUT2D eigenvalue weighted by Gasteiger charge is 2.26. The Morgan fingerprint density at radius 3 is 2.44 bits per heavy atom. The molecule has 0 bridgehead atoms. The Hall–Kier alpha value is -2.61. The van der Waals surface area contributed by atoms with Gasteiger partial charge in [0.25, 0.3) is 0 Å². The molecule has 8 heteroatoms. The predicted molar refractivity (Wildman–Crippen MR) is 101 cm³/mol. The van der Waals surface area contributed by atoms with Gasteiger partial charge >= 0.3 is 11.7 Å². The molecule has 3 N–H and O–H groups in total. The van der Waals surface area contributed by atoms with E-state index in [1.807, 2.05) is 12.1 Å². The molecule has 2 heterocycles. The van der Waals surface area contributed by atoms with Crippen molar-refractivity contribution in [2.45, 2.75) is 39.3 Å². The van der Waals surface area contributed by atoms with Crippen LogP contribution in [-0.2, 0) is 16.1 Å². The third-order valence-electron chi connectivity index (χ3n) is 5.07. The maximum absolute atomic E-state index is 13.0. The van der Waals surface area contributed by atoms with Crippen LogP contribution in [0, 0.1) is 11.8 Å². The lowest BCUT2D eigenvalue weighted by atomic mass is 10.0. The molecule has 1 aromatic heterocycles. The van der Waals surface area contributed by atoms with Gasteiger partial charge in [0.15, 0.2) is 0 Å². The van der Waals surface area contributed by atoms with Gasteiger partial charge in [0, 0.05) is 19.8 Å². The zero-order valence-electron chi connectivity index (χ0n) is 15.7. The fourth-order valence-electron chi connectivity index (χ4n) is 3.53. The van der Waals surface area contributed by atoms with Crippen molar-refractivity contribution in [2.75, 3.05) is 13.2 Å². The molecule has 0 saturated carbocycles. The summed E-state index contributed by atoms with van der Waals surface area (Å²) in [5.74, 6) is -0.483. The molecule has 1 aromatic carbocycles. The van der Waals surface area contributed by atoms with Crippen molar-refractivity contribution in [3.63, 3.8) is 0 Å². The highest BCUT2D eigenvalue weighted by atomic mass is 16.5.